The molecule has 1 aromatic carbocycles. The highest BCUT2D eigenvalue weighted by Gasteiger charge is 2.06. The van der Waals surface area contributed by atoms with E-state index in [1.54, 1.807) is 12.1 Å². The Kier molecular flexibility index (Phi) is 12.5. The Morgan fingerprint density at radius 3 is 2.44 bits per heavy atom. The van der Waals surface area contributed by atoms with Crippen molar-refractivity contribution in [3.05, 3.63) is 39.9 Å². The third-order valence-electron chi connectivity index (χ3n) is 2.69. The molecule has 0 aliphatic rings. The van der Waals surface area contributed by atoms with Crippen LogP contribution in [0.15, 0.2) is 29.3 Å². The normalized spacial score (nSPS) is 9.48. The molecule has 5 N–H and O–H groups in total. The van der Waals surface area contributed by atoms with Crippen LogP contribution in [0.5, 0.6) is 5.75 Å². The first kappa shape index (κ1) is 22.5. The quantitative estimate of drug-likeness (QED) is 0.196. The molecule has 0 fully saturated rings. The third kappa shape index (κ3) is 13.6. The molecule has 1 aromatic rings. The van der Waals surface area contributed by atoms with Gasteiger partial charge in [-0.15, -0.1) is 10.1 Å². The van der Waals surface area contributed by atoms with Crippen LogP contribution in [0.25, 0.3) is 0 Å². The smallest absolute Gasteiger partial charge is 0.291 e. The van der Waals surface area contributed by atoms with Crippen molar-refractivity contribution in [1.82, 2.24) is 0 Å². The van der Waals surface area contributed by atoms with E-state index in [0.29, 0.717) is 24.5 Å². The van der Waals surface area contributed by atoms with Gasteiger partial charge in [-0.25, -0.2) is 0 Å². The summed E-state index contributed by atoms with van der Waals surface area (Å²) in [4.78, 5) is 24.2. The first-order valence-corrected chi connectivity index (χ1v) is 8.64. The van der Waals surface area contributed by atoms with Gasteiger partial charge in [0.2, 0.25) is 5.12 Å². The van der Waals surface area contributed by atoms with Crippen LogP contribution in [0, 0.1) is 10.1 Å². The van der Waals surface area contributed by atoms with Crippen molar-refractivity contribution >= 4 is 22.8 Å². The van der Waals surface area contributed by atoms with Gasteiger partial charge in [0, 0.05) is 17.9 Å². The van der Waals surface area contributed by atoms with Gasteiger partial charge < -0.3 is 21.4 Å². The van der Waals surface area contributed by atoms with Crippen LogP contribution < -0.4 is 16.2 Å². The predicted octanol–water partition coefficient (Wildman–Crippen LogP) is 2.05. The van der Waals surface area contributed by atoms with Gasteiger partial charge in [-0.05, 0) is 37.1 Å². The Balaban J connectivity index is 0.00000129. The zero-order valence-corrected chi connectivity index (χ0v) is 14.9. The van der Waals surface area contributed by atoms with Crippen molar-refractivity contribution in [3.63, 3.8) is 0 Å². The maximum atomic E-state index is 12.0. The first-order chi connectivity index (χ1) is 11.9. The van der Waals surface area contributed by atoms with Crippen LogP contribution in [0.3, 0.4) is 0 Å². The minimum atomic E-state index is -1.50. The summed E-state index contributed by atoms with van der Waals surface area (Å²) in [5.41, 5.74) is 11.1. The maximum Gasteiger partial charge on any atom is 0.291 e. The second-order valence-electron chi connectivity index (χ2n) is 4.76. The second kappa shape index (κ2) is 13.9. The van der Waals surface area contributed by atoms with E-state index in [2.05, 4.69) is 11.9 Å². The Morgan fingerprint density at radius 1 is 1.32 bits per heavy atom. The predicted molar refractivity (Wildman–Crippen MR) is 97.7 cm³/mol. The van der Waals surface area contributed by atoms with Gasteiger partial charge in [0.1, 0.15) is 5.75 Å². The van der Waals surface area contributed by atoms with E-state index >= 15 is 0 Å². The zero-order chi connectivity index (χ0) is 19.1. The fraction of sp³-hybridized carbons (Fsp3) is 0.467. The lowest BCUT2D eigenvalue weighted by Crippen LogP contribution is -2.23. The van der Waals surface area contributed by atoms with Gasteiger partial charge in [0.15, 0.2) is 5.96 Å². The lowest BCUT2D eigenvalue weighted by molar-refractivity contribution is -0.742. The number of carbonyl (C=O) groups excluding carboxylic acids is 1. The maximum absolute atomic E-state index is 12.0. The molecule has 0 spiro atoms. The number of carbonyl (C=O) groups is 1. The van der Waals surface area contributed by atoms with Gasteiger partial charge in [-0.2, -0.15) is 0 Å². The summed E-state index contributed by atoms with van der Waals surface area (Å²) < 4.78 is 5.56. The molecule has 0 aliphatic heterocycles. The van der Waals surface area contributed by atoms with E-state index in [-0.39, 0.29) is 11.1 Å². The average Bonchev–Trinajstić information content (AvgIpc) is 2.54. The molecule has 0 aliphatic carbocycles. The second-order valence-corrected chi connectivity index (χ2v) is 5.83. The van der Waals surface area contributed by atoms with Crippen LogP contribution in [0.4, 0.5) is 0 Å². The molecule has 10 heteroatoms. The van der Waals surface area contributed by atoms with Gasteiger partial charge in [0.05, 0.1) is 6.61 Å². The number of aliphatic imine (C=N–C) groups is 1. The lowest BCUT2D eigenvalue weighted by atomic mass is 10.2. The molecule has 0 atom stereocenters. The number of guanidine groups is 1. The summed E-state index contributed by atoms with van der Waals surface area (Å²) in [7, 11) is 0. The number of hydrogen-bond acceptors (Lipinski definition) is 6. The highest BCUT2D eigenvalue weighted by atomic mass is 32.2. The van der Waals surface area contributed by atoms with E-state index in [1.165, 1.54) is 11.8 Å². The van der Waals surface area contributed by atoms with Crippen molar-refractivity contribution in [2.45, 2.75) is 26.2 Å². The number of nitrogens with zero attached hydrogens (tertiary/aromatic N) is 2. The molecule has 1 rings (SSSR count). The molecule has 0 saturated carbocycles. The number of rotatable bonds is 9. The van der Waals surface area contributed by atoms with Crippen molar-refractivity contribution in [3.8, 4) is 5.75 Å². The fourth-order valence-corrected chi connectivity index (χ4v) is 2.30. The van der Waals surface area contributed by atoms with Crippen molar-refractivity contribution in [1.29, 1.82) is 0 Å². The minimum absolute atomic E-state index is 0.0554. The summed E-state index contributed by atoms with van der Waals surface area (Å²) in [5.74, 6) is 1.59. The van der Waals surface area contributed by atoms with Gasteiger partial charge in [0.25, 0.3) is 5.09 Å². The number of hydrogen-bond donors (Lipinski definition) is 3. The minimum Gasteiger partial charge on any atom is -0.494 e. The van der Waals surface area contributed by atoms with Crippen molar-refractivity contribution in [2.24, 2.45) is 16.5 Å². The molecule has 0 unspecified atom stereocenters. The molecule has 0 amide bonds. The third-order valence-corrected chi connectivity index (χ3v) is 3.68. The van der Waals surface area contributed by atoms with E-state index in [0.717, 1.165) is 25.0 Å². The number of thioether (sulfide) groups is 1. The first-order valence-electron chi connectivity index (χ1n) is 7.65. The Bertz CT molecular complexity index is 543. The monoisotopic (exact) mass is 372 g/mol. The van der Waals surface area contributed by atoms with Crippen LogP contribution in [0.1, 0.15) is 36.5 Å². The topological polar surface area (TPSA) is 154 Å². The van der Waals surface area contributed by atoms with E-state index in [1.807, 2.05) is 12.1 Å². The SMILES string of the molecule is CCCCOc1ccc(C(=O)SCCCN=C(N)N)cc1.O=[N+]([O-])O. The largest absolute Gasteiger partial charge is 0.494 e. The van der Waals surface area contributed by atoms with Crippen molar-refractivity contribution < 1.29 is 19.8 Å². The molecular formula is C15H24N4O5S. The van der Waals surface area contributed by atoms with Crippen LogP contribution in [-0.4, -0.2) is 40.3 Å². The molecule has 9 nitrogen and oxygen atoms in total. The van der Waals surface area contributed by atoms with Gasteiger partial charge in [-0.1, -0.05) is 25.1 Å². The molecule has 0 heterocycles. The zero-order valence-electron chi connectivity index (χ0n) is 14.1. The van der Waals surface area contributed by atoms with E-state index < -0.39 is 5.09 Å². The van der Waals surface area contributed by atoms with Gasteiger partial charge in [-0.3, -0.25) is 9.79 Å². The summed E-state index contributed by atoms with van der Waals surface area (Å²) in [6.45, 7) is 3.38. The summed E-state index contributed by atoms with van der Waals surface area (Å²) in [6.07, 6.45) is 2.91. The fourth-order valence-electron chi connectivity index (χ4n) is 1.54. The number of nitrogens with two attached hydrogens (primary N) is 2. The number of unbranched alkanes of at least 4 members (excludes halogenated alkanes) is 1. The molecule has 0 radical (unpaired) electrons. The molecule has 0 aromatic heterocycles. The molecule has 0 saturated heterocycles. The van der Waals surface area contributed by atoms with Crippen LogP contribution in [-0.2, 0) is 0 Å². The summed E-state index contributed by atoms with van der Waals surface area (Å²) >= 11 is 1.28. The van der Waals surface area contributed by atoms with E-state index in [9.17, 15) is 4.79 Å². The Labute approximate surface area is 150 Å². The lowest BCUT2D eigenvalue weighted by Gasteiger charge is -2.06. The van der Waals surface area contributed by atoms with Crippen LogP contribution in [0.2, 0.25) is 0 Å². The van der Waals surface area contributed by atoms with Gasteiger partial charge >= 0.3 is 0 Å². The van der Waals surface area contributed by atoms with Crippen molar-refractivity contribution in [2.75, 3.05) is 18.9 Å². The number of benzene rings is 1. The number of ether oxygens (including phenoxy) is 1. The van der Waals surface area contributed by atoms with E-state index in [4.69, 9.17) is 31.5 Å². The van der Waals surface area contributed by atoms with Crippen LogP contribution >= 0.6 is 11.8 Å². The average molecular weight is 372 g/mol. The highest BCUT2D eigenvalue weighted by Crippen LogP contribution is 2.17. The highest BCUT2D eigenvalue weighted by molar-refractivity contribution is 8.14. The standard InChI is InChI=1S/C15H23N3O2S.HNO3/c1-2-3-10-20-13-7-5-12(6-8-13)14(19)21-11-4-9-18-15(16)17;2-1(3)4/h5-8H,2-4,9-11H2,1H3,(H4,16,17,18);(H,2,3,4). The molecule has 25 heavy (non-hydrogen) atoms. The Hall–Kier alpha value is -2.49. The Morgan fingerprint density at radius 2 is 1.92 bits per heavy atom. The molecule has 0 bridgehead atoms. The summed E-state index contributed by atoms with van der Waals surface area (Å²) in [6, 6.07) is 7.27. The molecular weight excluding hydrogens is 348 g/mol. The summed E-state index contributed by atoms with van der Waals surface area (Å²) in [5, 5.41) is 13.7. The molecule has 140 valence electrons.